The van der Waals surface area contributed by atoms with Gasteiger partial charge in [0.15, 0.2) is 0 Å². The minimum absolute atomic E-state index is 0.433. The van der Waals surface area contributed by atoms with Gasteiger partial charge in [-0.3, -0.25) is 0 Å². The molecule has 0 saturated heterocycles. The van der Waals surface area contributed by atoms with Gasteiger partial charge in [0.1, 0.15) is 0 Å². The highest BCUT2D eigenvalue weighted by molar-refractivity contribution is 4.74. The molecule has 0 atom stereocenters. The molecule has 2 heteroatoms. The number of hydrogen-bond acceptors (Lipinski definition) is 2. The van der Waals surface area contributed by atoms with E-state index in [0.29, 0.717) is 12.1 Å². The predicted molar refractivity (Wildman–Crippen MR) is 60.3 cm³/mol. The Morgan fingerprint density at radius 3 is 2.21 bits per heavy atom. The van der Waals surface area contributed by atoms with Crippen molar-refractivity contribution in [2.75, 3.05) is 6.61 Å². The van der Waals surface area contributed by atoms with Crippen molar-refractivity contribution in [1.82, 2.24) is 0 Å². The molecule has 0 heterocycles. The summed E-state index contributed by atoms with van der Waals surface area (Å²) in [7, 11) is 0. The third kappa shape index (κ3) is 3.97. The Morgan fingerprint density at radius 2 is 1.71 bits per heavy atom. The smallest absolute Gasteiger partial charge is 0.0576 e. The largest absolute Gasteiger partial charge is 0.378 e. The summed E-state index contributed by atoms with van der Waals surface area (Å²) in [6.45, 7) is 5.44. The van der Waals surface area contributed by atoms with Gasteiger partial charge in [-0.1, -0.05) is 26.7 Å². The third-order valence-electron chi connectivity index (χ3n) is 3.44. The lowest BCUT2D eigenvalue weighted by atomic mass is 9.93. The van der Waals surface area contributed by atoms with Gasteiger partial charge in [-0.05, 0) is 31.6 Å². The summed E-state index contributed by atoms with van der Waals surface area (Å²) in [4.78, 5) is 0. The SMILES string of the molecule is CCC(CC)COC1CCC(N)CC1. The van der Waals surface area contributed by atoms with E-state index >= 15 is 0 Å². The monoisotopic (exact) mass is 199 g/mol. The van der Waals surface area contributed by atoms with Crippen molar-refractivity contribution in [2.45, 2.75) is 64.5 Å². The molecule has 14 heavy (non-hydrogen) atoms. The maximum Gasteiger partial charge on any atom is 0.0576 e. The highest BCUT2D eigenvalue weighted by Gasteiger charge is 2.19. The molecule has 1 fully saturated rings. The fourth-order valence-corrected chi connectivity index (χ4v) is 2.05. The summed E-state index contributed by atoms with van der Waals surface area (Å²) in [5.74, 6) is 0.755. The molecular formula is C12H25NO. The van der Waals surface area contributed by atoms with Crippen LogP contribution < -0.4 is 5.73 Å². The number of hydrogen-bond donors (Lipinski definition) is 1. The van der Waals surface area contributed by atoms with Gasteiger partial charge in [0.2, 0.25) is 0 Å². The van der Waals surface area contributed by atoms with E-state index in [2.05, 4.69) is 13.8 Å². The molecule has 0 bridgehead atoms. The first-order chi connectivity index (χ1) is 6.76. The minimum Gasteiger partial charge on any atom is -0.378 e. The first-order valence-electron chi connectivity index (χ1n) is 6.13. The van der Waals surface area contributed by atoms with E-state index in [-0.39, 0.29) is 0 Å². The minimum atomic E-state index is 0.433. The summed E-state index contributed by atoms with van der Waals surface area (Å²) in [6.07, 6.45) is 7.60. The first kappa shape index (κ1) is 12.0. The Balaban J connectivity index is 2.12. The standard InChI is InChI=1S/C12H25NO/c1-3-10(4-2)9-14-12-7-5-11(13)6-8-12/h10-12H,3-9,13H2,1-2H3. The molecule has 2 nitrogen and oxygen atoms in total. The molecular weight excluding hydrogens is 174 g/mol. The van der Waals surface area contributed by atoms with E-state index < -0.39 is 0 Å². The highest BCUT2D eigenvalue weighted by Crippen LogP contribution is 2.21. The molecule has 84 valence electrons. The lowest BCUT2D eigenvalue weighted by Crippen LogP contribution is -2.31. The van der Waals surface area contributed by atoms with Crippen LogP contribution in [-0.4, -0.2) is 18.8 Å². The molecule has 0 aromatic rings. The Labute approximate surface area is 88.2 Å². The summed E-state index contributed by atoms with van der Waals surface area (Å²) in [6, 6.07) is 0.433. The molecule has 0 amide bonds. The summed E-state index contributed by atoms with van der Waals surface area (Å²) in [5, 5.41) is 0. The maximum absolute atomic E-state index is 5.92. The third-order valence-corrected chi connectivity index (χ3v) is 3.44. The van der Waals surface area contributed by atoms with E-state index in [4.69, 9.17) is 10.5 Å². The number of rotatable bonds is 5. The average Bonchev–Trinajstić information content (AvgIpc) is 2.22. The fourth-order valence-electron chi connectivity index (χ4n) is 2.05. The Bertz CT molecular complexity index is 137. The van der Waals surface area contributed by atoms with Crippen molar-refractivity contribution < 1.29 is 4.74 Å². The zero-order valence-electron chi connectivity index (χ0n) is 9.67. The van der Waals surface area contributed by atoms with Crippen molar-refractivity contribution >= 4 is 0 Å². The van der Waals surface area contributed by atoms with Crippen LogP contribution in [0.2, 0.25) is 0 Å². The van der Waals surface area contributed by atoms with Crippen LogP contribution in [0.15, 0.2) is 0 Å². The van der Waals surface area contributed by atoms with Gasteiger partial charge in [-0.2, -0.15) is 0 Å². The summed E-state index contributed by atoms with van der Waals surface area (Å²) in [5.41, 5.74) is 5.85. The molecule has 1 aliphatic rings. The number of nitrogens with two attached hydrogens (primary N) is 1. The zero-order valence-corrected chi connectivity index (χ0v) is 9.67. The number of ether oxygens (including phenoxy) is 1. The van der Waals surface area contributed by atoms with Crippen LogP contribution in [0, 0.1) is 5.92 Å². The van der Waals surface area contributed by atoms with E-state index in [0.717, 1.165) is 25.4 Å². The molecule has 0 radical (unpaired) electrons. The second-order valence-electron chi connectivity index (χ2n) is 4.55. The van der Waals surface area contributed by atoms with Crippen molar-refractivity contribution in [3.05, 3.63) is 0 Å². The molecule has 2 N–H and O–H groups in total. The molecule has 0 aromatic carbocycles. The van der Waals surface area contributed by atoms with Crippen LogP contribution in [0.4, 0.5) is 0 Å². The summed E-state index contributed by atoms with van der Waals surface area (Å²) >= 11 is 0. The van der Waals surface area contributed by atoms with E-state index in [1.54, 1.807) is 0 Å². The maximum atomic E-state index is 5.92. The molecule has 1 aliphatic carbocycles. The predicted octanol–water partition coefficient (Wildman–Crippen LogP) is 2.71. The van der Waals surface area contributed by atoms with Crippen molar-refractivity contribution in [1.29, 1.82) is 0 Å². The van der Waals surface area contributed by atoms with Gasteiger partial charge < -0.3 is 10.5 Å². The molecule has 0 unspecified atom stereocenters. The van der Waals surface area contributed by atoms with Gasteiger partial charge in [0.25, 0.3) is 0 Å². The zero-order chi connectivity index (χ0) is 10.4. The van der Waals surface area contributed by atoms with Crippen LogP contribution in [-0.2, 0) is 4.74 Å². The van der Waals surface area contributed by atoms with Crippen molar-refractivity contribution in [3.8, 4) is 0 Å². The second-order valence-corrected chi connectivity index (χ2v) is 4.55. The molecule has 1 rings (SSSR count). The van der Waals surface area contributed by atoms with Crippen LogP contribution in [0.5, 0.6) is 0 Å². The van der Waals surface area contributed by atoms with Gasteiger partial charge >= 0.3 is 0 Å². The Hall–Kier alpha value is -0.0800. The van der Waals surface area contributed by atoms with Gasteiger partial charge in [0.05, 0.1) is 6.10 Å². The topological polar surface area (TPSA) is 35.2 Å². The molecule has 0 aliphatic heterocycles. The van der Waals surface area contributed by atoms with Crippen molar-refractivity contribution in [2.24, 2.45) is 11.7 Å². The van der Waals surface area contributed by atoms with Gasteiger partial charge in [-0.25, -0.2) is 0 Å². The Morgan fingerprint density at radius 1 is 1.14 bits per heavy atom. The fraction of sp³-hybridized carbons (Fsp3) is 1.00. The molecule has 1 saturated carbocycles. The molecule has 0 spiro atoms. The summed E-state index contributed by atoms with van der Waals surface area (Å²) < 4.78 is 5.92. The van der Waals surface area contributed by atoms with Gasteiger partial charge in [-0.15, -0.1) is 0 Å². The second kappa shape index (κ2) is 6.41. The molecule has 0 aromatic heterocycles. The highest BCUT2D eigenvalue weighted by atomic mass is 16.5. The normalized spacial score (nSPS) is 28.3. The quantitative estimate of drug-likeness (QED) is 0.739. The first-order valence-corrected chi connectivity index (χ1v) is 6.13. The van der Waals surface area contributed by atoms with Gasteiger partial charge in [0, 0.05) is 12.6 Å². The van der Waals surface area contributed by atoms with Crippen LogP contribution in [0.25, 0.3) is 0 Å². The van der Waals surface area contributed by atoms with E-state index in [1.807, 2.05) is 0 Å². The van der Waals surface area contributed by atoms with Crippen LogP contribution in [0.1, 0.15) is 52.4 Å². The Kier molecular flexibility index (Phi) is 5.49. The lowest BCUT2D eigenvalue weighted by Gasteiger charge is -2.27. The van der Waals surface area contributed by atoms with Crippen LogP contribution >= 0.6 is 0 Å². The average molecular weight is 199 g/mol. The van der Waals surface area contributed by atoms with E-state index in [1.165, 1.54) is 25.7 Å². The van der Waals surface area contributed by atoms with Crippen LogP contribution in [0.3, 0.4) is 0 Å². The lowest BCUT2D eigenvalue weighted by molar-refractivity contribution is 0.00381. The van der Waals surface area contributed by atoms with E-state index in [9.17, 15) is 0 Å². The van der Waals surface area contributed by atoms with Crippen molar-refractivity contribution in [3.63, 3.8) is 0 Å².